The molecule has 1 unspecified atom stereocenters. The van der Waals surface area contributed by atoms with Crippen molar-refractivity contribution in [3.63, 3.8) is 0 Å². The summed E-state index contributed by atoms with van der Waals surface area (Å²) in [6.45, 7) is 5.87. The first-order chi connectivity index (χ1) is 7.52. The fraction of sp³-hybridized carbons (Fsp3) is 0.545. The first-order valence-electron chi connectivity index (χ1n) is 5.34. The van der Waals surface area contributed by atoms with E-state index in [0.29, 0.717) is 18.2 Å². The van der Waals surface area contributed by atoms with Crippen molar-refractivity contribution in [2.24, 2.45) is 5.92 Å². The molecule has 5 heteroatoms. The zero-order valence-corrected chi connectivity index (χ0v) is 9.82. The zero-order valence-electron chi connectivity index (χ0n) is 9.82. The van der Waals surface area contributed by atoms with Crippen LogP contribution in [0.5, 0.6) is 0 Å². The molecule has 1 atom stereocenters. The lowest BCUT2D eigenvalue weighted by atomic mass is 10.2. The molecule has 1 heterocycles. The third-order valence-corrected chi connectivity index (χ3v) is 2.26. The number of nitrogens with zero attached hydrogens (tertiary/aromatic N) is 2. The molecular weight excluding hydrogens is 206 g/mol. The lowest BCUT2D eigenvalue weighted by Gasteiger charge is -2.10. The van der Waals surface area contributed by atoms with Gasteiger partial charge in [0.1, 0.15) is 11.6 Å². The van der Waals surface area contributed by atoms with Crippen molar-refractivity contribution in [1.82, 2.24) is 9.97 Å². The second-order valence-corrected chi connectivity index (χ2v) is 3.77. The Bertz CT molecular complexity index is 379. The van der Waals surface area contributed by atoms with E-state index >= 15 is 0 Å². The van der Waals surface area contributed by atoms with Crippen LogP contribution >= 0.6 is 0 Å². The Morgan fingerprint density at radius 2 is 2.25 bits per heavy atom. The molecule has 0 bridgehead atoms. The molecule has 16 heavy (non-hydrogen) atoms. The maximum atomic E-state index is 10.6. The number of nitrogens with one attached hydrogen (secondary N) is 1. The first-order valence-corrected chi connectivity index (χ1v) is 5.34. The maximum Gasteiger partial charge on any atom is 0.308 e. The van der Waals surface area contributed by atoms with Crippen molar-refractivity contribution in [3.05, 3.63) is 17.6 Å². The number of aryl methyl sites for hydroxylation is 2. The molecule has 1 aromatic rings. The Balaban J connectivity index is 2.66. The topological polar surface area (TPSA) is 75.1 Å². The van der Waals surface area contributed by atoms with Crippen molar-refractivity contribution >= 4 is 11.8 Å². The molecule has 0 spiro atoms. The average Bonchev–Trinajstić information content (AvgIpc) is 2.24. The minimum atomic E-state index is -0.811. The van der Waals surface area contributed by atoms with Gasteiger partial charge in [-0.05, 0) is 13.3 Å². The van der Waals surface area contributed by atoms with Gasteiger partial charge in [-0.2, -0.15) is 0 Å². The van der Waals surface area contributed by atoms with Crippen LogP contribution in [0, 0.1) is 12.8 Å². The normalized spacial score (nSPS) is 12.2. The Kier molecular flexibility index (Phi) is 4.22. The molecule has 0 amide bonds. The summed E-state index contributed by atoms with van der Waals surface area (Å²) in [5.41, 5.74) is 0.956. The largest absolute Gasteiger partial charge is 0.481 e. The molecule has 0 aliphatic heterocycles. The molecule has 0 fully saturated rings. The van der Waals surface area contributed by atoms with Gasteiger partial charge >= 0.3 is 5.97 Å². The van der Waals surface area contributed by atoms with Crippen LogP contribution in [-0.4, -0.2) is 27.6 Å². The number of carbonyl (C=O) groups is 1. The lowest BCUT2D eigenvalue weighted by molar-refractivity contribution is -0.140. The Labute approximate surface area is 94.9 Å². The summed E-state index contributed by atoms with van der Waals surface area (Å²) in [6, 6.07) is 1.85. The summed E-state index contributed by atoms with van der Waals surface area (Å²) in [5, 5.41) is 11.8. The van der Waals surface area contributed by atoms with Gasteiger partial charge in [0.2, 0.25) is 0 Å². The highest BCUT2D eigenvalue weighted by atomic mass is 16.4. The van der Waals surface area contributed by atoms with Gasteiger partial charge < -0.3 is 10.4 Å². The molecule has 0 aromatic carbocycles. The van der Waals surface area contributed by atoms with Gasteiger partial charge in [0, 0.05) is 18.3 Å². The van der Waals surface area contributed by atoms with E-state index in [1.165, 1.54) is 0 Å². The van der Waals surface area contributed by atoms with Crippen molar-refractivity contribution in [3.8, 4) is 0 Å². The van der Waals surface area contributed by atoms with Crippen LogP contribution in [0.25, 0.3) is 0 Å². The molecule has 1 rings (SSSR count). The Morgan fingerprint density at radius 1 is 1.56 bits per heavy atom. The molecule has 0 aliphatic rings. The number of rotatable bonds is 5. The fourth-order valence-corrected chi connectivity index (χ4v) is 1.25. The van der Waals surface area contributed by atoms with Gasteiger partial charge in [-0.25, -0.2) is 9.97 Å². The van der Waals surface area contributed by atoms with Gasteiger partial charge in [-0.15, -0.1) is 0 Å². The van der Waals surface area contributed by atoms with Crippen molar-refractivity contribution < 1.29 is 9.90 Å². The Hall–Kier alpha value is -1.65. The summed E-state index contributed by atoms with van der Waals surface area (Å²) in [5.74, 6) is 0.150. The molecule has 2 N–H and O–H groups in total. The standard InChI is InChI=1S/C11H17N3O2/c1-4-9-5-10(14-8(3)13-9)12-6-7(2)11(15)16/h5,7H,4,6H2,1-3H3,(H,15,16)(H,12,13,14). The number of carboxylic acids is 1. The third kappa shape index (κ3) is 3.49. The van der Waals surface area contributed by atoms with E-state index in [2.05, 4.69) is 15.3 Å². The zero-order chi connectivity index (χ0) is 12.1. The number of aliphatic carboxylic acids is 1. The van der Waals surface area contributed by atoms with E-state index in [4.69, 9.17) is 5.11 Å². The van der Waals surface area contributed by atoms with Crippen LogP contribution in [0.1, 0.15) is 25.4 Å². The Morgan fingerprint density at radius 3 is 2.81 bits per heavy atom. The molecule has 0 saturated heterocycles. The van der Waals surface area contributed by atoms with E-state index < -0.39 is 11.9 Å². The van der Waals surface area contributed by atoms with Crippen LogP contribution in [0.3, 0.4) is 0 Å². The highest BCUT2D eigenvalue weighted by Gasteiger charge is 2.10. The monoisotopic (exact) mass is 223 g/mol. The van der Waals surface area contributed by atoms with Crippen LogP contribution in [0.15, 0.2) is 6.07 Å². The van der Waals surface area contributed by atoms with E-state index in [9.17, 15) is 4.79 Å². The lowest BCUT2D eigenvalue weighted by Crippen LogP contribution is -2.20. The number of hydrogen-bond donors (Lipinski definition) is 2. The van der Waals surface area contributed by atoms with Crippen molar-refractivity contribution in [2.75, 3.05) is 11.9 Å². The average molecular weight is 223 g/mol. The molecule has 1 aromatic heterocycles. The smallest absolute Gasteiger partial charge is 0.308 e. The first kappa shape index (κ1) is 12.4. The van der Waals surface area contributed by atoms with E-state index in [1.54, 1.807) is 6.92 Å². The van der Waals surface area contributed by atoms with Crippen LogP contribution in [-0.2, 0) is 11.2 Å². The predicted molar refractivity (Wildman–Crippen MR) is 61.4 cm³/mol. The summed E-state index contributed by atoms with van der Waals surface area (Å²) in [7, 11) is 0. The van der Waals surface area contributed by atoms with Crippen molar-refractivity contribution in [1.29, 1.82) is 0 Å². The molecule has 0 aliphatic carbocycles. The second-order valence-electron chi connectivity index (χ2n) is 3.77. The van der Waals surface area contributed by atoms with Gasteiger partial charge in [-0.1, -0.05) is 13.8 Å². The SMILES string of the molecule is CCc1cc(NCC(C)C(=O)O)nc(C)n1. The number of aromatic nitrogens is 2. The van der Waals surface area contributed by atoms with Gasteiger partial charge in [-0.3, -0.25) is 4.79 Å². The fourth-order valence-electron chi connectivity index (χ4n) is 1.25. The summed E-state index contributed by atoms with van der Waals surface area (Å²) in [6.07, 6.45) is 0.840. The van der Waals surface area contributed by atoms with Crippen LogP contribution in [0.4, 0.5) is 5.82 Å². The summed E-state index contributed by atoms with van der Waals surface area (Å²) < 4.78 is 0. The van der Waals surface area contributed by atoms with E-state index in [0.717, 1.165) is 12.1 Å². The number of carboxylic acid groups (broad SMARTS) is 1. The molecule has 0 radical (unpaired) electrons. The van der Waals surface area contributed by atoms with Gasteiger partial charge in [0.15, 0.2) is 0 Å². The van der Waals surface area contributed by atoms with Gasteiger partial charge in [0.05, 0.1) is 5.92 Å². The quantitative estimate of drug-likeness (QED) is 0.790. The number of hydrogen-bond acceptors (Lipinski definition) is 4. The van der Waals surface area contributed by atoms with Crippen LogP contribution in [0.2, 0.25) is 0 Å². The summed E-state index contributed by atoms with van der Waals surface area (Å²) >= 11 is 0. The van der Waals surface area contributed by atoms with Gasteiger partial charge in [0.25, 0.3) is 0 Å². The molecule has 5 nitrogen and oxygen atoms in total. The van der Waals surface area contributed by atoms with E-state index in [-0.39, 0.29) is 0 Å². The number of anilines is 1. The van der Waals surface area contributed by atoms with Crippen molar-refractivity contribution in [2.45, 2.75) is 27.2 Å². The van der Waals surface area contributed by atoms with E-state index in [1.807, 2.05) is 19.9 Å². The molecular formula is C11H17N3O2. The molecule has 0 saturated carbocycles. The highest BCUT2D eigenvalue weighted by Crippen LogP contribution is 2.08. The molecule has 88 valence electrons. The maximum absolute atomic E-state index is 10.6. The second kappa shape index (κ2) is 5.44. The predicted octanol–water partition coefficient (Wildman–Crippen LogP) is 1.48. The summed E-state index contributed by atoms with van der Waals surface area (Å²) in [4.78, 5) is 19.1. The highest BCUT2D eigenvalue weighted by molar-refractivity contribution is 5.70. The minimum absolute atomic E-state index is 0.370. The van der Waals surface area contributed by atoms with Crippen LogP contribution < -0.4 is 5.32 Å². The third-order valence-electron chi connectivity index (χ3n) is 2.26. The minimum Gasteiger partial charge on any atom is -0.481 e.